The number of benzene rings is 1. The highest BCUT2D eigenvalue weighted by molar-refractivity contribution is 5.75. The second-order valence-electron chi connectivity index (χ2n) is 4.93. The first-order valence-corrected chi connectivity index (χ1v) is 6.87. The van der Waals surface area contributed by atoms with E-state index in [2.05, 4.69) is 22.5 Å². The van der Waals surface area contributed by atoms with Gasteiger partial charge in [0, 0.05) is 13.0 Å². The van der Waals surface area contributed by atoms with Gasteiger partial charge in [-0.1, -0.05) is 12.1 Å². The van der Waals surface area contributed by atoms with Gasteiger partial charge in [0.2, 0.25) is 0 Å². The molecule has 0 saturated carbocycles. The highest BCUT2D eigenvalue weighted by Crippen LogP contribution is 2.23. The van der Waals surface area contributed by atoms with Crippen LogP contribution in [0.2, 0.25) is 0 Å². The van der Waals surface area contributed by atoms with Crippen LogP contribution in [0.5, 0.6) is 0 Å². The Morgan fingerprint density at radius 1 is 1.25 bits per heavy atom. The van der Waals surface area contributed by atoms with Crippen LogP contribution < -0.4 is 0 Å². The van der Waals surface area contributed by atoms with E-state index in [0.717, 1.165) is 29.2 Å². The lowest BCUT2D eigenvalue weighted by Gasteiger charge is -2.09. The summed E-state index contributed by atoms with van der Waals surface area (Å²) < 4.78 is 7.61. The second-order valence-corrected chi connectivity index (χ2v) is 4.93. The number of aryl methyl sites for hydroxylation is 2. The minimum atomic E-state index is -0.661. The van der Waals surface area contributed by atoms with Crippen molar-refractivity contribution in [3.05, 3.63) is 53.7 Å². The first kappa shape index (κ1) is 12.9. The van der Waals surface area contributed by atoms with E-state index < -0.39 is 6.10 Å². The Balaban J connectivity index is 1.94. The Kier molecular flexibility index (Phi) is 3.32. The number of imidazole rings is 1. The number of furan rings is 1. The smallest absolute Gasteiger partial charge is 0.133 e. The fraction of sp³-hybridized carbons (Fsp3) is 0.312. The zero-order chi connectivity index (χ0) is 14.1. The molecule has 2 heterocycles. The number of hydrogen-bond acceptors (Lipinski definition) is 3. The summed E-state index contributed by atoms with van der Waals surface area (Å²) in [4.78, 5) is 4.62. The van der Waals surface area contributed by atoms with Gasteiger partial charge in [0.1, 0.15) is 23.4 Å². The van der Waals surface area contributed by atoms with Gasteiger partial charge in [-0.05, 0) is 38.1 Å². The summed E-state index contributed by atoms with van der Waals surface area (Å²) >= 11 is 0. The lowest BCUT2D eigenvalue weighted by Crippen LogP contribution is -2.08. The maximum Gasteiger partial charge on any atom is 0.133 e. The molecule has 20 heavy (non-hydrogen) atoms. The van der Waals surface area contributed by atoms with Gasteiger partial charge in [-0.15, -0.1) is 0 Å². The van der Waals surface area contributed by atoms with Crippen molar-refractivity contribution in [3.63, 3.8) is 0 Å². The average Bonchev–Trinajstić information content (AvgIpc) is 3.01. The standard InChI is InChI=1S/C16H18N2O2/c1-3-18-13-7-5-4-6-12(13)17-16(18)10-14(19)15-9-8-11(2)20-15/h4-9,14,19H,3,10H2,1-2H3. The fourth-order valence-electron chi connectivity index (χ4n) is 2.54. The van der Waals surface area contributed by atoms with Crippen LogP contribution in [0.25, 0.3) is 11.0 Å². The molecule has 1 unspecified atom stereocenters. The fourth-order valence-corrected chi connectivity index (χ4v) is 2.54. The first-order chi connectivity index (χ1) is 9.69. The van der Waals surface area contributed by atoms with Crippen LogP contribution in [-0.2, 0) is 13.0 Å². The van der Waals surface area contributed by atoms with Crippen molar-refractivity contribution in [1.29, 1.82) is 0 Å². The second kappa shape index (κ2) is 5.13. The molecule has 0 aliphatic rings. The maximum atomic E-state index is 10.3. The van der Waals surface area contributed by atoms with Crippen molar-refractivity contribution in [1.82, 2.24) is 9.55 Å². The Morgan fingerprint density at radius 2 is 2.05 bits per heavy atom. The number of aliphatic hydroxyl groups is 1. The molecule has 2 aromatic heterocycles. The predicted octanol–water partition coefficient (Wildman–Crippen LogP) is 3.23. The van der Waals surface area contributed by atoms with Gasteiger partial charge >= 0.3 is 0 Å². The Labute approximate surface area is 117 Å². The number of nitrogens with zero attached hydrogens (tertiary/aromatic N) is 2. The number of rotatable bonds is 4. The zero-order valence-corrected chi connectivity index (χ0v) is 11.7. The Morgan fingerprint density at radius 3 is 2.75 bits per heavy atom. The van der Waals surface area contributed by atoms with Crippen LogP contribution in [0, 0.1) is 6.92 Å². The molecule has 4 heteroatoms. The zero-order valence-electron chi connectivity index (χ0n) is 11.7. The lowest BCUT2D eigenvalue weighted by atomic mass is 10.2. The quantitative estimate of drug-likeness (QED) is 0.791. The predicted molar refractivity (Wildman–Crippen MR) is 77.5 cm³/mol. The summed E-state index contributed by atoms with van der Waals surface area (Å²) in [6.45, 7) is 4.79. The van der Waals surface area contributed by atoms with Crippen molar-refractivity contribution in [3.8, 4) is 0 Å². The number of aromatic nitrogens is 2. The molecule has 1 atom stereocenters. The van der Waals surface area contributed by atoms with Crippen LogP contribution in [0.15, 0.2) is 40.8 Å². The molecule has 0 aliphatic heterocycles. The Bertz CT molecular complexity index is 727. The van der Waals surface area contributed by atoms with Crippen molar-refractivity contribution >= 4 is 11.0 Å². The van der Waals surface area contributed by atoms with E-state index in [-0.39, 0.29) is 0 Å². The van der Waals surface area contributed by atoms with Gasteiger partial charge in [-0.25, -0.2) is 4.98 Å². The van der Waals surface area contributed by atoms with Crippen molar-refractivity contribution in [2.45, 2.75) is 32.9 Å². The molecule has 0 spiro atoms. The number of para-hydroxylation sites is 2. The third kappa shape index (κ3) is 2.23. The summed E-state index contributed by atoms with van der Waals surface area (Å²) in [6.07, 6.45) is -0.207. The van der Waals surface area contributed by atoms with Gasteiger partial charge in [0.05, 0.1) is 11.0 Å². The summed E-state index contributed by atoms with van der Waals surface area (Å²) in [7, 11) is 0. The minimum absolute atomic E-state index is 0.454. The SMILES string of the molecule is CCn1c(CC(O)c2ccc(C)o2)nc2ccccc21. The summed E-state index contributed by atoms with van der Waals surface area (Å²) in [6, 6.07) is 11.7. The maximum absolute atomic E-state index is 10.3. The highest BCUT2D eigenvalue weighted by Gasteiger charge is 2.17. The molecule has 3 rings (SSSR count). The summed E-state index contributed by atoms with van der Waals surface area (Å²) in [5.74, 6) is 2.29. The first-order valence-electron chi connectivity index (χ1n) is 6.87. The third-order valence-corrected chi connectivity index (χ3v) is 3.52. The van der Waals surface area contributed by atoms with Crippen LogP contribution in [0.4, 0.5) is 0 Å². The molecular formula is C16H18N2O2. The highest BCUT2D eigenvalue weighted by atomic mass is 16.4. The van der Waals surface area contributed by atoms with E-state index in [9.17, 15) is 5.11 Å². The molecule has 104 valence electrons. The lowest BCUT2D eigenvalue weighted by molar-refractivity contribution is 0.145. The normalized spacial score (nSPS) is 12.9. The van der Waals surface area contributed by atoms with E-state index in [1.54, 1.807) is 0 Å². The molecular weight excluding hydrogens is 252 g/mol. The molecule has 0 aliphatic carbocycles. The molecule has 0 fully saturated rings. The molecule has 0 bridgehead atoms. The third-order valence-electron chi connectivity index (χ3n) is 3.52. The largest absolute Gasteiger partial charge is 0.464 e. The van der Waals surface area contributed by atoms with E-state index >= 15 is 0 Å². The molecule has 0 amide bonds. The van der Waals surface area contributed by atoms with Gasteiger partial charge in [-0.2, -0.15) is 0 Å². The minimum Gasteiger partial charge on any atom is -0.464 e. The molecule has 3 aromatic rings. The van der Waals surface area contributed by atoms with Crippen LogP contribution in [0.3, 0.4) is 0 Å². The van der Waals surface area contributed by atoms with Crippen molar-refractivity contribution in [2.75, 3.05) is 0 Å². The number of fused-ring (bicyclic) bond motifs is 1. The van der Waals surface area contributed by atoms with E-state index in [0.29, 0.717) is 12.2 Å². The van der Waals surface area contributed by atoms with E-state index in [1.165, 1.54) is 0 Å². The van der Waals surface area contributed by atoms with Crippen molar-refractivity contribution in [2.24, 2.45) is 0 Å². The van der Waals surface area contributed by atoms with Gasteiger partial charge in [-0.3, -0.25) is 0 Å². The summed E-state index contributed by atoms with van der Waals surface area (Å²) in [5, 5.41) is 10.3. The van der Waals surface area contributed by atoms with Crippen LogP contribution in [0.1, 0.15) is 30.4 Å². The number of hydrogen-bond donors (Lipinski definition) is 1. The Hall–Kier alpha value is -2.07. The molecule has 0 saturated heterocycles. The van der Waals surface area contributed by atoms with E-state index in [4.69, 9.17) is 4.42 Å². The molecule has 0 radical (unpaired) electrons. The van der Waals surface area contributed by atoms with Gasteiger partial charge in [0.25, 0.3) is 0 Å². The monoisotopic (exact) mass is 270 g/mol. The summed E-state index contributed by atoms with van der Waals surface area (Å²) in [5.41, 5.74) is 2.07. The van der Waals surface area contributed by atoms with Gasteiger partial charge < -0.3 is 14.1 Å². The average molecular weight is 270 g/mol. The topological polar surface area (TPSA) is 51.2 Å². The molecule has 1 N–H and O–H groups in total. The molecule has 1 aromatic carbocycles. The van der Waals surface area contributed by atoms with E-state index in [1.807, 2.05) is 37.3 Å². The van der Waals surface area contributed by atoms with Crippen LogP contribution in [-0.4, -0.2) is 14.7 Å². The molecule has 4 nitrogen and oxygen atoms in total. The number of aliphatic hydroxyl groups excluding tert-OH is 1. The van der Waals surface area contributed by atoms with Gasteiger partial charge in [0.15, 0.2) is 0 Å². The van der Waals surface area contributed by atoms with Crippen LogP contribution >= 0.6 is 0 Å². The van der Waals surface area contributed by atoms with Crippen molar-refractivity contribution < 1.29 is 9.52 Å².